The molecule has 0 aliphatic carbocycles. The van der Waals surface area contributed by atoms with Gasteiger partial charge in [-0.2, -0.15) is 0 Å². The van der Waals surface area contributed by atoms with Crippen LogP contribution >= 0.6 is 0 Å². The van der Waals surface area contributed by atoms with Crippen molar-refractivity contribution < 1.29 is 22.6 Å². The fraction of sp³-hybridized carbons (Fsp3) is 0.500. The van der Waals surface area contributed by atoms with E-state index in [-0.39, 0.29) is 12.4 Å². The van der Waals surface area contributed by atoms with Crippen LogP contribution in [0.5, 0.6) is 5.75 Å². The molecule has 0 radical (unpaired) electrons. The van der Waals surface area contributed by atoms with Crippen molar-refractivity contribution in [3.8, 4) is 5.75 Å². The maximum absolute atomic E-state index is 13.4. The van der Waals surface area contributed by atoms with E-state index in [1.54, 1.807) is 6.07 Å². The molecule has 0 aromatic heterocycles. The molecule has 18 heavy (non-hydrogen) atoms. The quantitative estimate of drug-likeness (QED) is 0.769. The van der Waals surface area contributed by atoms with Crippen molar-refractivity contribution in [1.29, 1.82) is 0 Å². The van der Waals surface area contributed by atoms with Gasteiger partial charge in [-0.3, -0.25) is 0 Å². The minimum absolute atomic E-state index is 0.110. The first-order valence-electron chi connectivity index (χ1n) is 5.49. The number of halogens is 3. The van der Waals surface area contributed by atoms with Gasteiger partial charge < -0.3 is 15.2 Å². The van der Waals surface area contributed by atoms with Crippen LogP contribution < -0.4 is 10.5 Å². The highest BCUT2D eigenvalue weighted by Gasteiger charge is 2.10. The summed E-state index contributed by atoms with van der Waals surface area (Å²) in [6.45, 7) is -0.497. The Balaban J connectivity index is 2.46. The standard InChI is InChI=1S/C12H16F3NO2/c1-17-11-3-2-8(6-9(11)13)10(16)4-5-18-7-12(14)15/h2-3,6,10,12H,4-5,7,16H2,1H3. The van der Waals surface area contributed by atoms with E-state index in [9.17, 15) is 13.2 Å². The minimum atomic E-state index is -2.49. The average molecular weight is 263 g/mol. The van der Waals surface area contributed by atoms with E-state index < -0.39 is 24.9 Å². The molecule has 1 atom stereocenters. The Kier molecular flexibility index (Phi) is 5.94. The van der Waals surface area contributed by atoms with Crippen molar-refractivity contribution in [3.63, 3.8) is 0 Å². The van der Waals surface area contributed by atoms with Gasteiger partial charge in [0.05, 0.1) is 7.11 Å². The van der Waals surface area contributed by atoms with Gasteiger partial charge in [0.1, 0.15) is 6.61 Å². The monoisotopic (exact) mass is 263 g/mol. The SMILES string of the molecule is COc1ccc(C(N)CCOCC(F)F)cc1F. The zero-order valence-corrected chi connectivity index (χ0v) is 10.0. The van der Waals surface area contributed by atoms with Crippen molar-refractivity contribution in [3.05, 3.63) is 29.6 Å². The highest BCUT2D eigenvalue weighted by Crippen LogP contribution is 2.22. The van der Waals surface area contributed by atoms with Crippen LogP contribution in [-0.2, 0) is 4.74 Å². The van der Waals surface area contributed by atoms with E-state index in [0.29, 0.717) is 12.0 Å². The number of nitrogens with two attached hydrogens (primary N) is 1. The van der Waals surface area contributed by atoms with Gasteiger partial charge in [-0.15, -0.1) is 0 Å². The van der Waals surface area contributed by atoms with Gasteiger partial charge in [-0.25, -0.2) is 13.2 Å². The number of alkyl halides is 2. The summed E-state index contributed by atoms with van der Waals surface area (Å²) in [5.41, 5.74) is 6.38. The lowest BCUT2D eigenvalue weighted by Crippen LogP contribution is -2.15. The molecule has 0 aliphatic rings. The van der Waals surface area contributed by atoms with E-state index >= 15 is 0 Å². The molecule has 2 N–H and O–H groups in total. The lowest BCUT2D eigenvalue weighted by atomic mass is 10.0. The van der Waals surface area contributed by atoms with Gasteiger partial charge in [0.15, 0.2) is 11.6 Å². The van der Waals surface area contributed by atoms with Crippen LogP contribution in [0.3, 0.4) is 0 Å². The lowest BCUT2D eigenvalue weighted by Gasteiger charge is -2.13. The van der Waals surface area contributed by atoms with E-state index in [1.807, 2.05) is 0 Å². The topological polar surface area (TPSA) is 44.5 Å². The number of hydrogen-bond donors (Lipinski definition) is 1. The summed E-state index contributed by atoms with van der Waals surface area (Å²) in [5, 5.41) is 0. The van der Waals surface area contributed by atoms with Gasteiger partial charge in [-0.05, 0) is 24.1 Å². The Morgan fingerprint density at radius 2 is 2.06 bits per heavy atom. The van der Waals surface area contributed by atoms with Crippen LogP contribution in [0.2, 0.25) is 0 Å². The number of hydrogen-bond acceptors (Lipinski definition) is 3. The first-order chi connectivity index (χ1) is 8.54. The van der Waals surface area contributed by atoms with Crippen molar-refractivity contribution in [2.24, 2.45) is 5.73 Å². The summed E-state index contributed by atoms with van der Waals surface area (Å²) < 4.78 is 46.5. The molecule has 6 heteroatoms. The summed E-state index contributed by atoms with van der Waals surface area (Å²) >= 11 is 0. The molecule has 0 saturated carbocycles. The summed E-state index contributed by atoms with van der Waals surface area (Å²) in [7, 11) is 1.37. The van der Waals surface area contributed by atoms with Crippen molar-refractivity contribution in [1.82, 2.24) is 0 Å². The number of methoxy groups -OCH3 is 1. The van der Waals surface area contributed by atoms with Crippen molar-refractivity contribution in [2.75, 3.05) is 20.3 Å². The molecule has 0 aliphatic heterocycles. The Hall–Kier alpha value is -1.27. The van der Waals surface area contributed by atoms with Crippen LogP contribution in [0.25, 0.3) is 0 Å². The Bertz CT molecular complexity index is 374. The molecule has 1 unspecified atom stereocenters. The van der Waals surface area contributed by atoms with Crippen molar-refractivity contribution >= 4 is 0 Å². The van der Waals surface area contributed by atoms with Crippen LogP contribution in [0.15, 0.2) is 18.2 Å². The maximum atomic E-state index is 13.4. The van der Waals surface area contributed by atoms with E-state index in [2.05, 4.69) is 0 Å². The first kappa shape index (κ1) is 14.8. The average Bonchev–Trinajstić information content (AvgIpc) is 2.34. The zero-order valence-electron chi connectivity index (χ0n) is 10.0. The third-order valence-electron chi connectivity index (χ3n) is 2.42. The highest BCUT2D eigenvalue weighted by atomic mass is 19.3. The summed E-state index contributed by atoms with van der Waals surface area (Å²) in [6, 6.07) is 3.93. The zero-order chi connectivity index (χ0) is 13.5. The van der Waals surface area contributed by atoms with Crippen molar-refractivity contribution in [2.45, 2.75) is 18.9 Å². The van der Waals surface area contributed by atoms with Crippen LogP contribution in [-0.4, -0.2) is 26.7 Å². The second-order valence-corrected chi connectivity index (χ2v) is 3.76. The molecule has 0 amide bonds. The predicted molar refractivity (Wildman–Crippen MR) is 61.3 cm³/mol. The van der Waals surface area contributed by atoms with Crippen LogP contribution in [0, 0.1) is 5.82 Å². The molecule has 1 rings (SSSR count). The third-order valence-corrected chi connectivity index (χ3v) is 2.42. The minimum Gasteiger partial charge on any atom is -0.494 e. The van der Waals surface area contributed by atoms with Gasteiger partial charge in [0.2, 0.25) is 0 Å². The Morgan fingerprint density at radius 1 is 1.33 bits per heavy atom. The van der Waals surface area contributed by atoms with E-state index in [1.165, 1.54) is 19.2 Å². The van der Waals surface area contributed by atoms with E-state index in [0.717, 1.165) is 0 Å². The molecule has 0 bridgehead atoms. The summed E-state index contributed by atoms with van der Waals surface area (Å²) in [4.78, 5) is 0. The molecule has 0 spiro atoms. The van der Waals surface area contributed by atoms with E-state index in [4.69, 9.17) is 15.2 Å². The fourth-order valence-corrected chi connectivity index (χ4v) is 1.46. The molecule has 0 saturated heterocycles. The Labute approximate surface area is 104 Å². The molecule has 0 fully saturated rings. The van der Waals surface area contributed by atoms with Gasteiger partial charge >= 0.3 is 0 Å². The van der Waals surface area contributed by atoms with Crippen LogP contribution in [0.4, 0.5) is 13.2 Å². The second kappa shape index (κ2) is 7.23. The first-order valence-corrected chi connectivity index (χ1v) is 5.49. The molecule has 0 heterocycles. The largest absolute Gasteiger partial charge is 0.494 e. The lowest BCUT2D eigenvalue weighted by molar-refractivity contribution is 0.0152. The molecular weight excluding hydrogens is 247 g/mol. The third kappa shape index (κ3) is 4.54. The molecule has 3 nitrogen and oxygen atoms in total. The molecule has 1 aromatic rings. The molecular formula is C12H16F3NO2. The van der Waals surface area contributed by atoms with Gasteiger partial charge in [0, 0.05) is 12.6 Å². The molecule has 1 aromatic carbocycles. The normalized spacial score (nSPS) is 12.8. The molecule has 102 valence electrons. The number of rotatable bonds is 7. The van der Waals surface area contributed by atoms with Crippen LogP contribution in [0.1, 0.15) is 18.0 Å². The Morgan fingerprint density at radius 3 is 2.61 bits per heavy atom. The predicted octanol–water partition coefficient (Wildman–Crippen LogP) is 2.51. The van der Waals surface area contributed by atoms with Gasteiger partial charge in [-0.1, -0.05) is 6.07 Å². The maximum Gasteiger partial charge on any atom is 0.261 e. The number of benzene rings is 1. The fourth-order valence-electron chi connectivity index (χ4n) is 1.46. The highest BCUT2D eigenvalue weighted by molar-refractivity contribution is 5.30. The second-order valence-electron chi connectivity index (χ2n) is 3.76. The smallest absolute Gasteiger partial charge is 0.261 e. The summed E-state index contributed by atoms with van der Waals surface area (Å²) in [6.07, 6.45) is -2.14. The van der Waals surface area contributed by atoms with Gasteiger partial charge in [0.25, 0.3) is 6.43 Å². The number of ether oxygens (including phenoxy) is 2. The summed E-state index contributed by atoms with van der Waals surface area (Å²) in [5.74, 6) is -0.362.